The van der Waals surface area contributed by atoms with Crippen LogP contribution in [0.4, 0.5) is 5.69 Å². The summed E-state index contributed by atoms with van der Waals surface area (Å²) >= 11 is 5.94. The fourth-order valence-electron chi connectivity index (χ4n) is 1.33. The van der Waals surface area contributed by atoms with Crippen LogP contribution in [0.1, 0.15) is 6.42 Å². The van der Waals surface area contributed by atoms with E-state index in [2.05, 4.69) is 5.43 Å². The second-order valence-electron chi connectivity index (χ2n) is 2.84. The van der Waals surface area contributed by atoms with Crippen LogP contribution in [0.5, 0.6) is 0 Å². The molecule has 0 bridgehead atoms. The molecule has 2 rings (SSSR count). The summed E-state index contributed by atoms with van der Waals surface area (Å²) in [6, 6.07) is 7.28. The third-order valence-electron chi connectivity index (χ3n) is 1.95. The maximum Gasteiger partial charge on any atom is 0.242 e. The van der Waals surface area contributed by atoms with Gasteiger partial charge in [-0.2, -0.15) is 0 Å². The van der Waals surface area contributed by atoms with Crippen molar-refractivity contribution < 1.29 is 4.79 Å². The van der Waals surface area contributed by atoms with Crippen molar-refractivity contribution in [1.82, 2.24) is 5.43 Å². The van der Waals surface area contributed by atoms with Gasteiger partial charge in [-0.1, -0.05) is 23.7 Å². The highest BCUT2D eigenvalue weighted by Gasteiger charge is 2.22. The van der Waals surface area contributed by atoms with Crippen molar-refractivity contribution in [2.45, 2.75) is 6.42 Å². The summed E-state index contributed by atoms with van der Waals surface area (Å²) in [6.45, 7) is 0.685. The standard InChI is InChI=1S/C9H9ClN2O/c10-7-3-1-2-4-8(7)12-9(13)5-6-11-12/h1-4,11H,5-6H2. The zero-order chi connectivity index (χ0) is 9.26. The number of rotatable bonds is 1. The van der Waals surface area contributed by atoms with Crippen LogP contribution in [-0.2, 0) is 4.79 Å². The number of halogens is 1. The summed E-state index contributed by atoms with van der Waals surface area (Å²) in [7, 11) is 0. The van der Waals surface area contributed by atoms with E-state index in [1.54, 1.807) is 6.07 Å². The number of nitrogens with zero attached hydrogens (tertiary/aromatic N) is 1. The van der Waals surface area contributed by atoms with Crippen molar-refractivity contribution in [1.29, 1.82) is 0 Å². The van der Waals surface area contributed by atoms with E-state index in [-0.39, 0.29) is 5.91 Å². The molecule has 1 aromatic rings. The minimum atomic E-state index is 0.0631. The summed E-state index contributed by atoms with van der Waals surface area (Å²) < 4.78 is 0. The highest BCUT2D eigenvalue weighted by Crippen LogP contribution is 2.25. The highest BCUT2D eigenvalue weighted by molar-refractivity contribution is 6.33. The summed E-state index contributed by atoms with van der Waals surface area (Å²) in [4.78, 5) is 11.3. The second kappa shape index (κ2) is 3.36. The predicted octanol–water partition coefficient (Wildman–Crippen LogP) is 1.58. The van der Waals surface area contributed by atoms with Crippen molar-refractivity contribution in [3.05, 3.63) is 29.3 Å². The first-order valence-corrected chi connectivity index (χ1v) is 4.48. The monoisotopic (exact) mass is 196 g/mol. The van der Waals surface area contributed by atoms with Crippen LogP contribution in [0, 0.1) is 0 Å². The van der Waals surface area contributed by atoms with Gasteiger partial charge >= 0.3 is 0 Å². The lowest BCUT2D eigenvalue weighted by molar-refractivity contribution is -0.117. The van der Waals surface area contributed by atoms with Gasteiger partial charge in [0.15, 0.2) is 0 Å². The molecular weight excluding hydrogens is 188 g/mol. The molecule has 0 saturated carbocycles. The number of carbonyl (C=O) groups is 1. The summed E-state index contributed by atoms with van der Waals surface area (Å²) in [5.41, 5.74) is 3.69. The molecule has 1 heterocycles. The molecule has 0 unspecified atom stereocenters. The molecule has 13 heavy (non-hydrogen) atoms. The maximum atomic E-state index is 11.3. The van der Waals surface area contributed by atoms with Gasteiger partial charge in [0.05, 0.1) is 10.7 Å². The lowest BCUT2D eigenvalue weighted by Crippen LogP contribution is -2.34. The first-order valence-electron chi connectivity index (χ1n) is 4.10. The highest BCUT2D eigenvalue weighted by atomic mass is 35.5. The molecule has 0 aliphatic carbocycles. The van der Waals surface area contributed by atoms with Crippen LogP contribution in [0.2, 0.25) is 5.02 Å². The van der Waals surface area contributed by atoms with Gasteiger partial charge in [0.2, 0.25) is 5.91 Å². The third kappa shape index (κ3) is 1.53. The average molecular weight is 197 g/mol. The lowest BCUT2D eigenvalue weighted by atomic mass is 10.3. The Labute approximate surface area is 81.3 Å². The van der Waals surface area contributed by atoms with E-state index in [0.717, 1.165) is 5.69 Å². The van der Waals surface area contributed by atoms with E-state index in [1.807, 2.05) is 18.2 Å². The van der Waals surface area contributed by atoms with Crippen LogP contribution in [0.3, 0.4) is 0 Å². The van der Waals surface area contributed by atoms with Gasteiger partial charge in [-0.25, -0.2) is 10.4 Å². The van der Waals surface area contributed by atoms with Crippen LogP contribution < -0.4 is 10.4 Å². The Morgan fingerprint density at radius 2 is 2.15 bits per heavy atom. The third-order valence-corrected chi connectivity index (χ3v) is 2.27. The molecule has 1 saturated heterocycles. The normalized spacial score (nSPS) is 16.7. The first-order chi connectivity index (χ1) is 6.29. The fraction of sp³-hybridized carbons (Fsp3) is 0.222. The van der Waals surface area contributed by atoms with Gasteiger partial charge in [0, 0.05) is 13.0 Å². The molecule has 1 N–H and O–H groups in total. The number of amides is 1. The van der Waals surface area contributed by atoms with E-state index in [4.69, 9.17) is 11.6 Å². The number of hydrogen-bond acceptors (Lipinski definition) is 2. The van der Waals surface area contributed by atoms with Gasteiger partial charge in [-0.3, -0.25) is 4.79 Å². The molecule has 4 heteroatoms. The number of hydrogen-bond donors (Lipinski definition) is 1. The fourth-order valence-corrected chi connectivity index (χ4v) is 1.55. The molecule has 0 spiro atoms. The molecule has 1 aliphatic rings. The Kier molecular flexibility index (Phi) is 2.20. The van der Waals surface area contributed by atoms with Crippen molar-refractivity contribution >= 4 is 23.2 Å². The molecular formula is C9H9ClN2O. The van der Waals surface area contributed by atoms with Crippen molar-refractivity contribution in [2.24, 2.45) is 0 Å². The number of hydrazine groups is 1. The molecule has 1 fully saturated rings. The zero-order valence-corrected chi connectivity index (χ0v) is 7.71. The van der Waals surface area contributed by atoms with Crippen molar-refractivity contribution in [2.75, 3.05) is 11.6 Å². The van der Waals surface area contributed by atoms with Crippen LogP contribution in [0.25, 0.3) is 0 Å². The molecule has 1 aromatic carbocycles. The van der Waals surface area contributed by atoms with Gasteiger partial charge in [0.1, 0.15) is 0 Å². The minimum absolute atomic E-state index is 0.0631. The van der Waals surface area contributed by atoms with Gasteiger partial charge < -0.3 is 0 Å². The molecule has 0 aromatic heterocycles. The summed E-state index contributed by atoms with van der Waals surface area (Å²) in [5.74, 6) is 0.0631. The Bertz CT molecular complexity index is 340. The van der Waals surface area contributed by atoms with Crippen molar-refractivity contribution in [3.8, 4) is 0 Å². The Morgan fingerprint density at radius 1 is 1.38 bits per heavy atom. The molecule has 68 valence electrons. The minimum Gasteiger partial charge on any atom is -0.273 e. The number of para-hydroxylation sites is 1. The second-order valence-corrected chi connectivity index (χ2v) is 3.25. The molecule has 0 radical (unpaired) electrons. The Morgan fingerprint density at radius 3 is 2.77 bits per heavy atom. The topological polar surface area (TPSA) is 32.3 Å². The SMILES string of the molecule is O=C1CCNN1c1ccccc1Cl. The average Bonchev–Trinajstić information content (AvgIpc) is 2.52. The van der Waals surface area contributed by atoms with Gasteiger partial charge in [-0.15, -0.1) is 0 Å². The van der Waals surface area contributed by atoms with Crippen LogP contribution in [-0.4, -0.2) is 12.5 Å². The number of anilines is 1. The maximum absolute atomic E-state index is 11.3. The smallest absolute Gasteiger partial charge is 0.242 e. The number of benzene rings is 1. The van der Waals surface area contributed by atoms with Crippen molar-refractivity contribution in [3.63, 3.8) is 0 Å². The first kappa shape index (κ1) is 8.53. The molecule has 0 atom stereocenters. The van der Waals surface area contributed by atoms with Gasteiger partial charge in [-0.05, 0) is 12.1 Å². The Balaban J connectivity index is 2.34. The number of nitrogens with one attached hydrogen (secondary N) is 1. The predicted molar refractivity (Wildman–Crippen MR) is 51.6 cm³/mol. The summed E-state index contributed by atoms with van der Waals surface area (Å²) in [5, 5.41) is 2.09. The van der Waals surface area contributed by atoms with E-state index in [9.17, 15) is 4.79 Å². The summed E-state index contributed by atoms with van der Waals surface area (Å²) in [6.07, 6.45) is 0.533. The van der Waals surface area contributed by atoms with Crippen LogP contribution >= 0.6 is 11.6 Å². The van der Waals surface area contributed by atoms with E-state index in [0.29, 0.717) is 18.0 Å². The van der Waals surface area contributed by atoms with E-state index < -0.39 is 0 Å². The van der Waals surface area contributed by atoms with Gasteiger partial charge in [0.25, 0.3) is 0 Å². The Hall–Kier alpha value is -1.06. The van der Waals surface area contributed by atoms with Crippen LogP contribution in [0.15, 0.2) is 24.3 Å². The molecule has 1 aliphatic heterocycles. The lowest BCUT2D eigenvalue weighted by Gasteiger charge is -2.16. The zero-order valence-electron chi connectivity index (χ0n) is 6.96. The van der Waals surface area contributed by atoms with E-state index >= 15 is 0 Å². The van der Waals surface area contributed by atoms with E-state index in [1.165, 1.54) is 5.01 Å². The molecule has 3 nitrogen and oxygen atoms in total. The quantitative estimate of drug-likeness (QED) is 0.740. The molecule has 1 amide bonds. The number of carbonyl (C=O) groups excluding carboxylic acids is 1. The largest absolute Gasteiger partial charge is 0.273 e.